The predicted octanol–water partition coefficient (Wildman–Crippen LogP) is 4.05. The van der Waals surface area contributed by atoms with E-state index < -0.39 is 21.5 Å². The molecule has 1 saturated heterocycles. The summed E-state index contributed by atoms with van der Waals surface area (Å²) in [5.74, 6) is -0.806. The number of hydrogen-bond acceptors (Lipinski definition) is 7. The number of thiazole rings is 1. The Morgan fingerprint density at radius 2 is 1.73 bits per heavy atom. The zero-order chi connectivity index (χ0) is 31.4. The van der Waals surface area contributed by atoms with Gasteiger partial charge in [-0.1, -0.05) is 42.3 Å². The summed E-state index contributed by atoms with van der Waals surface area (Å²) < 4.78 is 29.5. The molecular weight excluding hydrogens is 618 g/mol. The van der Waals surface area contributed by atoms with Gasteiger partial charge >= 0.3 is 0 Å². The van der Waals surface area contributed by atoms with Crippen LogP contribution in [0.25, 0.3) is 17.3 Å². The van der Waals surface area contributed by atoms with Gasteiger partial charge in [0.1, 0.15) is 10.7 Å². The van der Waals surface area contributed by atoms with E-state index in [1.54, 1.807) is 55.5 Å². The third kappa shape index (κ3) is 6.23. The Morgan fingerprint density at radius 3 is 2.41 bits per heavy atom. The molecule has 1 fully saturated rings. The van der Waals surface area contributed by atoms with Crippen molar-refractivity contribution in [1.82, 2.24) is 8.87 Å². The van der Waals surface area contributed by atoms with Crippen LogP contribution < -0.4 is 20.1 Å². The first-order valence-electron chi connectivity index (χ1n) is 13.7. The van der Waals surface area contributed by atoms with Crippen molar-refractivity contribution in [3.05, 3.63) is 108 Å². The second-order valence-corrected chi connectivity index (χ2v) is 13.5. The highest BCUT2D eigenvalue weighted by atomic mass is 35.5. The third-order valence-electron chi connectivity index (χ3n) is 7.24. The van der Waals surface area contributed by atoms with Gasteiger partial charge in [-0.15, -0.1) is 11.3 Å². The lowest BCUT2D eigenvalue weighted by atomic mass is 10.1. The number of carbonyl (C=O) groups is 1. The van der Waals surface area contributed by atoms with E-state index in [1.165, 1.54) is 33.1 Å². The summed E-state index contributed by atoms with van der Waals surface area (Å²) >= 11 is 7.34. The van der Waals surface area contributed by atoms with E-state index in [-0.39, 0.29) is 25.4 Å². The molecule has 12 heteroatoms. The minimum absolute atomic E-state index is 0.0394. The average molecular weight is 644 g/mol. The number of piperidine rings is 1. The number of nitriles is 2. The van der Waals surface area contributed by atoms with Crippen molar-refractivity contribution >= 4 is 56.2 Å². The topological polar surface area (TPSA) is 136 Å². The zero-order valence-corrected chi connectivity index (χ0v) is 26.0. The minimum Gasteiger partial charge on any atom is -0.321 e. The normalized spacial score (nSPS) is 14.9. The van der Waals surface area contributed by atoms with Crippen molar-refractivity contribution in [2.75, 3.05) is 18.4 Å². The lowest BCUT2D eigenvalue weighted by Gasteiger charge is -2.26. The summed E-state index contributed by atoms with van der Waals surface area (Å²) in [5, 5.41) is 22.4. The molecule has 1 aliphatic heterocycles. The number of anilines is 1. The minimum atomic E-state index is -3.75. The first-order chi connectivity index (χ1) is 21.1. The molecule has 0 bridgehead atoms. The Labute approximate surface area is 263 Å². The van der Waals surface area contributed by atoms with Crippen LogP contribution in [0, 0.1) is 29.6 Å². The number of rotatable bonds is 6. The molecule has 5 rings (SSSR count). The standard InChI is InChI=1S/C32H26ClN5O4S2/c1-21-27(33)9-6-10-28(21)38-31(40)29(17-22-11-13-23(19-34)14-12-22)43-32(38)26(20-35)30(39)36-24-7-5-8-25(18-24)44(41,42)37-15-3-2-4-16-37/h5-14,17-18H,2-4,15-16H2,1H3,(H,36,39). The van der Waals surface area contributed by atoms with E-state index in [0.29, 0.717) is 40.5 Å². The lowest BCUT2D eigenvalue weighted by molar-refractivity contribution is -0.111. The molecule has 44 heavy (non-hydrogen) atoms. The smallest absolute Gasteiger partial charge is 0.273 e. The number of sulfonamides is 1. The lowest BCUT2D eigenvalue weighted by Crippen LogP contribution is -2.35. The Balaban J connectivity index is 1.63. The quantitative estimate of drug-likeness (QED) is 0.337. The first-order valence-corrected chi connectivity index (χ1v) is 16.3. The Morgan fingerprint density at radius 1 is 1.02 bits per heavy atom. The predicted molar refractivity (Wildman–Crippen MR) is 170 cm³/mol. The number of aromatic nitrogens is 1. The molecule has 222 valence electrons. The maximum absolute atomic E-state index is 13.8. The van der Waals surface area contributed by atoms with Crippen LogP contribution in [0.1, 0.15) is 36.0 Å². The SMILES string of the molecule is Cc1c(Cl)cccc1-n1c(=C(C#N)C(=O)Nc2cccc(S(=O)(=O)N3CCCCC3)c2)sc(=Cc2ccc(C#N)cc2)c1=O. The number of halogens is 1. The average Bonchev–Trinajstić information content (AvgIpc) is 3.34. The Bertz CT molecular complexity index is 2130. The number of nitrogens with one attached hydrogen (secondary N) is 1. The molecule has 0 atom stereocenters. The van der Waals surface area contributed by atoms with Crippen molar-refractivity contribution in [1.29, 1.82) is 10.5 Å². The van der Waals surface area contributed by atoms with Crippen LogP contribution in [0.15, 0.2) is 76.4 Å². The molecule has 0 unspecified atom stereocenters. The molecule has 0 spiro atoms. The maximum atomic E-state index is 13.8. The summed E-state index contributed by atoms with van der Waals surface area (Å²) in [5.41, 5.74) is 1.49. The number of amides is 1. The molecule has 1 N–H and O–H groups in total. The van der Waals surface area contributed by atoms with Gasteiger partial charge in [0, 0.05) is 23.8 Å². The molecular formula is C32H26ClN5O4S2. The number of nitrogens with zero attached hydrogens (tertiary/aromatic N) is 4. The molecule has 4 aromatic rings. The monoisotopic (exact) mass is 643 g/mol. The second kappa shape index (κ2) is 13.0. The van der Waals surface area contributed by atoms with Gasteiger partial charge in [-0.25, -0.2) is 8.42 Å². The summed E-state index contributed by atoms with van der Waals surface area (Å²) in [6.45, 7) is 2.60. The molecule has 1 amide bonds. The van der Waals surface area contributed by atoms with Gasteiger partial charge in [-0.2, -0.15) is 14.8 Å². The fraction of sp³-hybridized carbons (Fsp3) is 0.188. The summed E-state index contributed by atoms with van der Waals surface area (Å²) in [4.78, 5) is 27.4. The summed E-state index contributed by atoms with van der Waals surface area (Å²) in [6, 6.07) is 21.5. The van der Waals surface area contributed by atoms with E-state index >= 15 is 0 Å². The van der Waals surface area contributed by atoms with Gasteiger partial charge in [-0.3, -0.25) is 14.2 Å². The molecule has 3 aromatic carbocycles. The van der Waals surface area contributed by atoms with Crippen molar-refractivity contribution in [3.63, 3.8) is 0 Å². The van der Waals surface area contributed by atoms with Crippen LogP contribution in [0.2, 0.25) is 5.02 Å². The van der Waals surface area contributed by atoms with Gasteiger partial charge in [0.2, 0.25) is 10.0 Å². The Kier molecular flexibility index (Phi) is 9.14. The zero-order valence-electron chi connectivity index (χ0n) is 23.6. The molecule has 1 aromatic heterocycles. The van der Waals surface area contributed by atoms with Crippen LogP contribution in [0.5, 0.6) is 0 Å². The Hall–Kier alpha value is -4.52. The van der Waals surface area contributed by atoms with E-state index in [4.69, 9.17) is 16.9 Å². The van der Waals surface area contributed by atoms with Crippen LogP contribution >= 0.6 is 22.9 Å². The molecule has 0 radical (unpaired) electrons. The third-order valence-corrected chi connectivity index (χ3v) is 10.6. The van der Waals surface area contributed by atoms with Crippen LogP contribution in [0.3, 0.4) is 0 Å². The van der Waals surface area contributed by atoms with Gasteiger partial charge in [0.25, 0.3) is 11.5 Å². The van der Waals surface area contributed by atoms with E-state index in [1.807, 2.05) is 12.1 Å². The second-order valence-electron chi connectivity index (χ2n) is 10.1. The van der Waals surface area contributed by atoms with E-state index in [2.05, 4.69) is 5.32 Å². The molecule has 0 saturated carbocycles. The van der Waals surface area contributed by atoms with Crippen LogP contribution in [0.4, 0.5) is 5.69 Å². The first kappa shape index (κ1) is 30.9. The molecule has 1 aliphatic rings. The van der Waals surface area contributed by atoms with Crippen molar-refractivity contribution in [3.8, 4) is 17.8 Å². The summed E-state index contributed by atoms with van der Waals surface area (Å²) in [6.07, 6.45) is 4.17. The van der Waals surface area contributed by atoms with Crippen LogP contribution in [-0.4, -0.2) is 36.3 Å². The molecule has 2 heterocycles. The van der Waals surface area contributed by atoms with Crippen LogP contribution in [-0.2, 0) is 14.8 Å². The van der Waals surface area contributed by atoms with Crippen molar-refractivity contribution in [2.24, 2.45) is 0 Å². The van der Waals surface area contributed by atoms with Gasteiger partial charge < -0.3 is 5.32 Å². The van der Waals surface area contributed by atoms with E-state index in [0.717, 1.165) is 30.6 Å². The highest BCUT2D eigenvalue weighted by Gasteiger charge is 2.26. The number of hydrogen-bond donors (Lipinski definition) is 1. The van der Waals surface area contributed by atoms with Gasteiger partial charge in [0.15, 0.2) is 5.57 Å². The molecule has 9 nitrogen and oxygen atoms in total. The highest BCUT2D eigenvalue weighted by molar-refractivity contribution is 7.89. The highest BCUT2D eigenvalue weighted by Crippen LogP contribution is 2.24. The van der Waals surface area contributed by atoms with Gasteiger partial charge in [-0.05, 0) is 79.4 Å². The number of benzene rings is 3. The van der Waals surface area contributed by atoms with Crippen molar-refractivity contribution in [2.45, 2.75) is 31.1 Å². The number of carbonyl (C=O) groups excluding carboxylic acids is 1. The fourth-order valence-electron chi connectivity index (χ4n) is 4.89. The molecule has 0 aliphatic carbocycles. The van der Waals surface area contributed by atoms with Gasteiger partial charge in [0.05, 0.1) is 26.7 Å². The summed E-state index contributed by atoms with van der Waals surface area (Å²) in [7, 11) is -3.75. The maximum Gasteiger partial charge on any atom is 0.273 e. The van der Waals surface area contributed by atoms with E-state index in [9.17, 15) is 23.3 Å². The fourth-order valence-corrected chi connectivity index (χ4v) is 7.72. The van der Waals surface area contributed by atoms with Crippen molar-refractivity contribution < 1.29 is 13.2 Å². The largest absolute Gasteiger partial charge is 0.321 e.